The third kappa shape index (κ3) is 4.47. The lowest BCUT2D eigenvalue weighted by molar-refractivity contribution is -0.117. The standard InChI is InChI=1S/C21H31N3OS/c1-21(2,3)15-8-9-16-17(13-22)20(26-18(16)12-15)23-19(25)14-24-10-6-4-5-7-11-24/h15H,4-12,14H2,1-3H3,(H,23,25). The zero-order valence-corrected chi connectivity index (χ0v) is 17.2. The Kier molecular flexibility index (Phi) is 6.04. The van der Waals surface area contributed by atoms with Gasteiger partial charge in [0.2, 0.25) is 5.91 Å². The van der Waals surface area contributed by atoms with Gasteiger partial charge < -0.3 is 5.32 Å². The molecule has 26 heavy (non-hydrogen) atoms. The van der Waals surface area contributed by atoms with Crippen LogP contribution in [0.1, 0.15) is 68.9 Å². The van der Waals surface area contributed by atoms with E-state index in [2.05, 4.69) is 37.1 Å². The first-order valence-corrected chi connectivity index (χ1v) is 10.8. The number of rotatable bonds is 3. The first kappa shape index (κ1) is 19.4. The number of anilines is 1. The van der Waals surface area contributed by atoms with Crippen molar-refractivity contribution in [2.24, 2.45) is 11.3 Å². The van der Waals surface area contributed by atoms with Crippen LogP contribution < -0.4 is 5.32 Å². The fourth-order valence-corrected chi connectivity index (χ4v) is 5.49. The molecule has 0 aromatic carbocycles. The lowest BCUT2D eigenvalue weighted by Gasteiger charge is -2.33. The summed E-state index contributed by atoms with van der Waals surface area (Å²) in [5, 5.41) is 13.5. The second kappa shape index (κ2) is 8.10. The Bertz CT molecular complexity index is 687. The van der Waals surface area contributed by atoms with Gasteiger partial charge in [-0.3, -0.25) is 9.69 Å². The monoisotopic (exact) mass is 373 g/mol. The first-order chi connectivity index (χ1) is 12.4. The highest BCUT2D eigenvalue weighted by atomic mass is 32.1. The van der Waals surface area contributed by atoms with Crippen molar-refractivity contribution >= 4 is 22.2 Å². The molecule has 2 heterocycles. The Morgan fingerprint density at radius 3 is 2.58 bits per heavy atom. The molecule has 0 spiro atoms. The van der Waals surface area contributed by atoms with Crippen molar-refractivity contribution < 1.29 is 4.79 Å². The van der Waals surface area contributed by atoms with E-state index in [1.165, 1.54) is 36.1 Å². The summed E-state index contributed by atoms with van der Waals surface area (Å²) < 4.78 is 0. The van der Waals surface area contributed by atoms with Crippen molar-refractivity contribution in [3.63, 3.8) is 0 Å². The number of hydrogen-bond acceptors (Lipinski definition) is 4. The van der Waals surface area contributed by atoms with E-state index in [0.29, 0.717) is 18.0 Å². The number of carbonyl (C=O) groups excluding carboxylic acids is 1. The molecular formula is C21H31N3OS. The summed E-state index contributed by atoms with van der Waals surface area (Å²) in [7, 11) is 0. The maximum atomic E-state index is 12.5. The lowest BCUT2D eigenvalue weighted by atomic mass is 9.72. The molecule has 1 aliphatic carbocycles. The van der Waals surface area contributed by atoms with Crippen molar-refractivity contribution in [2.45, 2.75) is 65.7 Å². The third-order valence-corrected chi connectivity index (χ3v) is 7.09. The van der Waals surface area contributed by atoms with Crippen LogP contribution in [0, 0.1) is 22.7 Å². The molecular weight excluding hydrogens is 342 g/mol. The molecule has 1 fully saturated rings. The quantitative estimate of drug-likeness (QED) is 0.843. The van der Waals surface area contributed by atoms with Crippen molar-refractivity contribution in [3.05, 3.63) is 16.0 Å². The van der Waals surface area contributed by atoms with E-state index in [9.17, 15) is 10.1 Å². The zero-order chi connectivity index (χ0) is 18.7. The van der Waals surface area contributed by atoms with Gasteiger partial charge in [0.1, 0.15) is 11.1 Å². The summed E-state index contributed by atoms with van der Waals surface area (Å²) in [5.41, 5.74) is 2.18. The summed E-state index contributed by atoms with van der Waals surface area (Å²) >= 11 is 1.63. The Balaban J connectivity index is 1.70. The third-order valence-electron chi connectivity index (χ3n) is 5.92. The molecule has 0 saturated carbocycles. The summed E-state index contributed by atoms with van der Waals surface area (Å²) in [5.74, 6) is 0.662. The van der Waals surface area contributed by atoms with E-state index in [1.54, 1.807) is 11.3 Å². The van der Waals surface area contributed by atoms with Gasteiger partial charge in [-0.05, 0) is 62.1 Å². The predicted molar refractivity (Wildman–Crippen MR) is 108 cm³/mol. The topological polar surface area (TPSA) is 56.1 Å². The van der Waals surface area contributed by atoms with Crippen LogP contribution in [-0.2, 0) is 17.6 Å². The van der Waals surface area contributed by atoms with Crippen molar-refractivity contribution in [1.82, 2.24) is 4.90 Å². The molecule has 1 aromatic heterocycles. The fraction of sp³-hybridized carbons (Fsp3) is 0.714. The average Bonchev–Trinajstić information content (AvgIpc) is 2.73. The van der Waals surface area contributed by atoms with Gasteiger partial charge in [0.25, 0.3) is 0 Å². The van der Waals surface area contributed by atoms with Crippen LogP contribution >= 0.6 is 11.3 Å². The second-order valence-electron chi connectivity index (χ2n) is 8.86. The van der Waals surface area contributed by atoms with E-state index < -0.39 is 0 Å². The van der Waals surface area contributed by atoms with Crippen LogP contribution in [-0.4, -0.2) is 30.4 Å². The molecule has 5 heteroatoms. The minimum atomic E-state index is 0.0226. The number of thiophene rings is 1. The number of nitriles is 1. The molecule has 1 N–H and O–H groups in total. The van der Waals surface area contributed by atoms with Gasteiger partial charge in [-0.2, -0.15) is 5.26 Å². The van der Waals surface area contributed by atoms with Gasteiger partial charge in [0.15, 0.2) is 0 Å². The lowest BCUT2D eigenvalue weighted by Crippen LogP contribution is -2.33. The van der Waals surface area contributed by atoms with Crippen LogP contribution in [0.2, 0.25) is 0 Å². The van der Waals surface area contributed by atoms with Gasteiger partial charge in [-0.15, -0.1) is 11.3 Å². The summed E-state index contributed by atoms with van der Waals surface area (Å²) in [6.07, 6.45) is 8.00. The largest absolute Gasteiger partial charge is 0.315 e. The molecule has 1 aromatic rings. The Morgan fingerprint density at radius 1 is 1.27 bits per heavy atom. The number of nitrogens with zero attached hydrogens (tertiary/aromatic N) is 2. The summed E-state index contributed by atoms with van der Waals surface area (Å²) in [6.45, 7) is 9.35. The van der Waals surface area contributed by atoms with Gasteiger partial charge in [-0.1, -0.05) is 33.6 Å². The Hall–Kier alpha value is -1.38. The number of hydrogen-bond donors (Lipinski definition) is 1. The zero-order valence-electron chi connectivity index (χ0n) is 16.4. The highest BCUT2D eigenvalue weighted by molar-refractivity contribution is 7.16. The Morgan fingerprint density at radius 2 is 1.96 bits per heavy atom. The van der Waals surface area contributed by atoms with Crippen LogP contribution in [0.25, 0.3) is 0 Å². The fourth-order valence-electron chi connectivity index (χ4n) is 4.20. The number of likely N-dealkylation sites (tertiary alicyclic amines) is 1. The molecule has 142 valence electrons. The normalized spacial score (nSPS) is 21.5. The van der Waals surface area contributed by atoms with Crippen molar-refractivity contribution in [3.8, 4) is 6.07 Å². The summed E-state index contributed by atoms with van der Waals surface area (Å²) in [4.78, 5) is 16.1. The number of nitrogens with one attached hydrogen (secondary N) is 1. The molecule has 2 aliphatic rings. The van der Waals surface area contributed by atoms with Gasteiger partial charge in [0.05, 0.1) is 12.1 Å². The molecule has 1 aliphatic heterocycles. The molecule has 4 nitrogen and oxygen atoms in total. The SMILES string of the molecule is CC(C)(C)C1CCc2c(sc(NC(=O)CN3CCCCCC3)c2C#N)C1. The average molecular weight is 374 g/mol. The van der Waals surface area contributed by atoms with Crippen molar-refractivity contribution in [1.29, 1.82) is 5.26 Å². The molecule has 1 saturated heterocycles. The van der Waals surface area contributed by atoms with Gasteiger partial charge in [0, 0.05) is 4.88 Å². The molecule has 3 rings (SSSR count). The molecule has 1 atom stereocenters. The predicted octanol–water partition coefficient (Wildman–Crippen LogP) is 4.59. The van der Waals surface area contributed by atoms with Gasteiger partial charge in [-0.25, -0.2) is 0 Å². The number of fused-ring (bicyclic) bond motifs is 1. The van der Waals surface area contributed by atoms with E-state index >= 15 is 0 Å². The summed E-state index contributed by atoms with van der Waals surface area (Å²) in [6, 6.07) is 2.36. The minimum absolute atomic E-state index is 0.0226. The van der Waals surface area contributed by atoms with Crippen LogP contribution in [0.15, 0.2) is 0 Å². The first-order valence-electron chi connectivity index (χ1n) is 9.95. The van der Waals surface area contributed by atoms with E-state index in [0.717, 1.165) is 37.4 Å². The highest BCUT2D eigenvalue weighted by Crippen LogP contribution is 2.43. The van der Waals surface area contributed by atoms with Crippen LogP contribution in [0.4, 0.5) is 5.00 Å². The molecule has 1 amide bonds. The van der Waals surface area contributed by atoms with Crippen LogP contribution in [0.3, 0.4) is 0 Å². The maximum absolute atomic E-state index is 12.5. The molecule has 0 bridgehead atoms. The molecule has 1 unspecified atom stereocenters. The van der Waals surface area contributed by atoms with Crippen LogP contribution in [0.5, 0.6) is 0 Å². The van der Waals surface area contributed by atoms with E-state index in [1.807, 2.05) is 0 Å². The maximum Gasteiger partial charge on any atom is 0.239 e. The molecule has 0 radical (unpaired) electrons. The number of amides is 1. The van der Waals surface area contributed by atoms with Gasteiger partial charge >= 0.3 is 0 Å². The van der Waals surface area contributed by atoms with E-state index in [4.69, 9.17) is 0 Å². The Labute approximate surface area is 161 Å². The number of carbonyl (C=O) groups is 1. The highest BCUT2D eigenvalue weighted by Gasteiger charge is 2.32. The minimum Gasteiger partial charge on any atom is -0.315 e. The van der Waals surface area contributed by atoms with E-state index in [-0.39, 0.29) is 11.3 Å². The second-order valence-corrected chi connectivity index (χ2v) is 9.97. The smallest absolute Gasteiger partial charge is 0.239 e. The van der Waals surface area contributed by atoms with Crippen molar-refractivity contribution in [2.75, 3.05) is 25.0 Å².